The molecule has 0 saturated carbocycles. The zero-order chi connectivity index (χ0) is 14.8. The van der Waals surface area contributed by atoms with E-state index in [-0.39, 0.29) is 10.9 Å². The summed E-state index contributed by atoms with van der Waals surface area (Å²) in [6.45, 7) is 9.81. The van der Waals surface area contributed by atoms with E-state index in [0.717, 1.165) is 12.0 Å². The van der Waals surface area contributed by atoms with Gasteiger partial charge in [-0.2, -0.15) is 4.31 Å². The lowest BCUT2D eigenvalue weighted by Crippen LogP contribution is -2.38. The van der Waals surface area contributed by atoms with Gasteiger partial charge in [-0.1, -0.05) is 26.0 Å². The van der Waals surface area contributed by atoms with Crippen LogP contribution in [0.25, 0.3) is 0 Å². The molecular formula is C14H24N2O2S. The number of benzene rings is 1. The first-order chi connectivity index (χ1) is 8.77. The summed E-state index contributed by atoms with van der Waals surface area (Å²) in [5.74, 6) is 0. The van der Waals surface area contributed by atoms with Crippen LogP contribution in [0.3, 0.4) is 0 Å². The molecule has 1 atom stereocenters. The number of rotatable bonds is 5. The molecule has 0 aromatic heterocycles. The molecule has 0 aliphatic carbocycles. The van der Waals surface area contributed by atoms with Crippen molar-refractivity contribution in [2.24, 2.45) is 0 Å². The van der Waals surface area contributed by atoms with Crippen molar-refractivity contribution in [3.05, 3.63) is 23.3 Å². The van der Waals surface area contributed by atoms with Gasteiger partial charge in [0.05, 0.1) is 5.69 Å². The molecule has 0 spiro atoms. The van der Waals surface area contributed by atoms with Crippen LogP contribution in [0, 0.1) is 13.8 Å². The first-order valence-corrected chi connectivity index (χ1v) is 8.08. The van der Waals surface area contributed by atoms with E-state index >= 15 is 0 Å². The number of nitrogen functional groups attached to an aromatic ring is 1. The van der Waals surface area contributed by atoms with Crippen LogP contribution in [0.4, 0.5) is 5.69 Å². The molecule has 0 fully saturated rings. The lowest BCUT2D eigenvalue weighted by molar-refractivity contribution is 0.342. The summed E-state index contributed by atoms with van der Waals surface area (Å²) in [6.07, 6.45) is 0.776. The predicted octanol–water partition coefficient (Wildman–Crippen LogP) is 2.69. The standard InChI is InChI=1S/C14H24N2O2S/c1-6-12(5)16(7-2)19(17,18)14-11(4)9-8-10(3)13(14)15/h8-9,12H,6-7,15H2,1-5H3. The van der Waals surface area contributed by atoms with Gasteiger partial charge in [-0.05, 0) is 38.3 Å². The molecule has 1 aromatic rings. The van der Waals surface area contributed by atoms with Gasteiger partial charge in [0.2, 0.25) is 10.0 Å². The molecule has 0 bridgehead atoms. The molecule has 1 rings (SSSR count). The molecule has 2 N–H and O–H groups in total. The zero-order valence-corrected chi connectivity index (χ0v) is 13.2. The zero-order valence-electron chi connectivity index (χ0n) is 12.4. The van der Waals surface area contributed by atoms with E-state index in [9.17, 15) is 8.42 Å². The molecule has 4 nitrogen and oxygen atoms in total. The van der Waals surface area contributed by atoms with Crippen LogP contribution in [0.5, 0.6) is 0 Å². The molecule has 0 aliphatic rings. The summed E-state index contributed by atoms with van der Waals surface area (Å²) in [5, 5.41) is 0. The Hall–Kier alpha value is -1.07. The minimum Gasteiger partial charge on any atom is -0.397 e. The van der Waals surface area contributed by atoms with E-state index in [2.05, 4.69) is 0 Å². The summed E-state index contributed by atoms with van der Waals surface area (Å²) in [7, 11) is -3.54. The van der Waals surface area contributed by atoms with Gasteiger partial charge in [0.1, 0.15) is 4.90 Å². The van der Waals surface area contributed by atoms with E-state index in [1.165, 1.54) is 4.31 Å². The molecule has 1 aromatic carbocycles. The Morgan fingerprint density at radius 3 is 2.21 bits per heavy atom. The second-order valence-electron chi connectivity index (χ2n) is 4.91. The van der Waals surface area contributed by atoms with Crippen LogP contribution < -0.4 is 5.73 Å². The minimum absolute atomic E-state index is 0.0330. The van der Waals surface area contributed by atoms with Gasteiger partial charge in [0.25, 0.3) is 0 Å². The van der Waals surface area contributed by atoms with E-state index < -0.39 is 10.0 Å². The number of aryl methyl sites for hydroxylation is 2. The van der Waals surface area contributed by atoms with Gasteiger partial charge in [0, 0.05) is 12.6 Å². The summed E-state index contributed by atoms with van der Waals surface area (Å²) in [6, 6.07) is 3.63. The van der Waals surface area contributed by atoms with Crippen molar-refractivity contribution in [1.29, 1.82) is 0 Å². The second kappa shape index (κ2) is 5.92. The average molecular weight is 284 g/mol. The maximum Gasteiger partial charge on any atom is 0.245 e. The van der Waals surface area contributed by atoms with Gasteiger partial charge in [-0.3, -0.25) is 0 Å². The van der Waals surface area contributed by atoms with Gasteiger partial charge in [-0.15, -0.1) is 0 Å². The monoisotopic (exact) mass is 284 g/mol. The largest absolute Gasteiger partial charge is 0.397 e. The maximum atomic E-state index is 12.8. The first kappa shape index (κ1) is 16.0. The summed E-state index contributed by atoms with van der Waals surface area (Å²) in [4.78, 5) is 0.259. The Balaban J connectivity index is 3.47. The van der Waals surface area contributed by atoms with Crippen molar-refractivity contribution < 1.29 is 8.42 Å². The molecule has 1 unspecified atom stereocenters. The quantitative estimate of drug-likeness (QED) is 0.846. The smallest absolute Gasteiger partial charge is 0.245 e. The Bertz CT molecular complexity index is 553. The lowest BCUT2D eigenvalue weighted by Gasteiger charge is -2.28. The van der Waals surface area contributed by atoms with Crippen molar-refractivity contribution in [2.45, 2.75) is 52.0 Å². The highest BCUT2D eigenvalue weighted by Crippen LogP contribution is 2.30. The summed E-state index contributed by atoms with van der Waals surface area (Å²) >= 11 is 0. The third kappa shape index (κ3) is 2.92. The SMILES string of the molecule is CCC(C)N(CC)S(=O)(=O)c1c(C)ccc(C)c1N. The van der Waals surface area contributed by atoms with Crippen molar-refractivity contribution in [3.8, 4) is 0 Å². The molecule has 0 radical (unpaired) electrons. The fourth-order valence-electron chi connectivity index (χ4n) is 2.19. The molecule has 19 heavy (non-hydrogen) atoms. The number of anilines is 1. The van der Waals surface area contributed by atoms with Crippen molar-refractivity contribution in [2.75, 3.05) is 12.3 Å². The lowest BCUT2D eigenvalue weighted by atomic mass is 10.1. The van der Waals surface area contributed by atoms with E-state index in [1.54, 1.807) is 6.92 Å². The topological polar surface area (TPSA) is 63.4 Å². The van der Waals surface area contributed by atoms with E-state index in [0.29, 0.717) is 17.8 Å². The van der Waals surface area contributed by atoms with Crippen molar-refractivity contribution >= 4 is 15.7 Å². The number of hydrogen-bond donors (Lipinski definition) is 1. The first-order valence-electron chi connectivity index (χ1n) is 6.64. The minimum atomic E-state index is -3.54. The summed E-state index contributed by atoms with van der Waals surface area (Å²) < 4.78 is 27.1. The normalized spacial score (nSPS) is 13.8. The maximum absolute atomic E-state index is 12.8. The molecule has 0 aliphatic heterocycles. The van der Waals surface area contributed by atoms with Gasteiger partial charge >= 0.3 is 0 Å². The summed E-state index contributed by atoms with van der Waals surface area (Å²) in [5.41, 5.74) is 7.86. The predicted molar refractivity (Wildman–Crippen MR) is 79.6 cm³/mol. The Morgan fingerprint density at radius 1 is 1.21 bits per heavy atom. The third-order valence-corrected chi connectivity index (χ3v) is 5.87. The highest BCUT2D eigenvalue weighted by molar-refractivity contribution is 7.89. The fraction of sp³-hybridized carbons (Fsp3) is 0.571. The molecule has 5 heteroatoms. The van der Waals surface area contributed by atoms with Crippen molar-refractivity contribution in [1.82, 2.24) is 4.31 Å². The molecular weight excluding hydrogens is 260 g/mol. The van der Waals surface area contributed by atoms with Gasteiger partial charge in [0.15, 0.2) is 0 Å². The van der Waals surface area contributed by atoms with Crippen LogP contribution in [-0.4, -0.2) is 25.3 Å². The van der Waals surface area contributed by atoms with Crippen LogP contribution in [0.1, 0.15) is 38.3 Å². The van der Waals surface area contributed by atoms with Crippen LogP contribution in [0.15, 0.2) is 17.0 Å². The van der Waals surface area contributed by atoms with E-state index in [4.69, 9.17) is 5.73 Å². The fourth-order valence-corrected chi connectivity index (χ4v) is 4.30. The molecule has 0 heterocycles. The number of nitrogens with zero attached hydrogens (tertiary/aromatic N) is 1. The third-order valence-electron chi connectivity index (χ3n) is 3.57. The second-order valence-corrected chi connectivity index (χ2v) is 6.74. The molecule has 0 saturated heterocycles. The number of sulfonamides is 1. The number of nitrogens with two attached hydrogens (primary N) is 1. The average Bonchev–Trinajstić information content (AvgIpc) is 2.34. The highest BCUT2D eigenvalue weighted by atomic mass is 32.2. The van der Waals surface area contributed by atoms with Gasteiger partial charge in [-0.25, -0.2) is 8.42 Å². The van der Waals surface area contributed by atoms with Crippen LogP contribution in [-0.2, 0) is 10.0 Å². The highest BCUT2D eigenvalue weighted by Gasteiger charge is 2.30. The van der Waals surface area contributed by atoms with E-state index in [1.807, 2.05) is 39.8 Å². The Kier molecular flexibility index (Phi) is 4.98. The molecule has 108 valence electrons. The Morgan fingerprint density at radius 2 is 1.74 bits per heavy atom. The van der Waals surface area contributed by atoms with Gasteiger partial charge < -0.3 is 5.73 Å². The Labute approximate surface area is 116 Å². The number of hydrogen-bond acceptors (Lipinski definition) is 3. The van der Waals surface area contributed by atoms with Crippen LogP contribution in [0.2, 0.25) is 0 Å². The van der Waals surface area contributed by atoms with Crippen LogP contribution >= 0.6 is 0 Å². The molecule has 0 amide bonds. The van der Waals surface area contributed by atoms with Crippen molar-refractivity contribution in [3.63, 3.8) is 0 Å².